The third-order valence-corrected chi connectivity index (χ3v) is 4.73. The van der Waals surface area contributed by atoms with Gasteiger partial charge in [-0.1, -0.05) is 26.0 Å². The molecule has 2 aromatic carbocycles. The summed E-state index contributed by atoms with van der Waals surface area (Å²) >= 11 is 0. The highest BCUT2D eigenvalue weighted by Crippen LogP contribution is 2.26. The first-order valence-electron chi connectivity index (χ1n) is 10.8. The van der Waals surface area contributed by atoms with Gasteiger partial charge in [-0.05, 0) is 36.4 Å². The zero-order valence-electron chi connectivity index (χ0n) is 18.8. The third kappa shape index (κ3) is 6.92. The summed E-state index contributed by atoms with van der Waals surface area (Å²) in [5, 5.41) is 3.02. The zero-order chi connectivity index (χ0) is 24.6. The van der Waals surface area contributed by atoms with Gasteiger partial charge in [0.05, 0.1) is 18.9 Å². The van der Waals surface area contributed by atoms with E-state index in [2.05, 4.69) is 20.0 Å². The van der Waals surface area contributed by atoms with Crippen LogP contribution in [0.4, 0.5) is 24.7 Å². The SMILES string of the molecule is CC.O=C(c1cccc(-c2cc(Nc3ccc(OC(F)(F)F)cc3)ncn2)c1)N1CCOCC1. The van der Waals surface area contributed by atoms with E-state index in [0.29, 0.717) is 49.1 Å². The Morgan fingerprint density at radius 2 is 1.74 bits per heavy atom. The number of alkyl halides is 3. The number of hydrogen-bond donors (Lipinski definition) is 1. The van der Waals surface area contributed by atoms with E-state index in [-0.39, 0.29) is 11.7 Å². The van der Waals surface area contributed by atoms with Gasteiger partial charge < -0.3 is 19.7 Å². The maximum atomic E-state index is 12.8. The minimum absolute atomic E-state index is 0.0660. The Labute approximate surface area is 195 Å². The van der Waals surface area contributed by atoms with E-state index >= 15 is 0 Å². The number of anilines is 2. The highest BCUT2D eigenvalue weighted by molar-refractivity contribution is 5.95. The minimum Gasteiger partial charge on any atom is -0.406 e. The highest BCUT2D eigenvalue weighted by Gasteiger charge is 2.31. The fourth-order valence-corrected chi connectivity index (χ4v) is 3.23. The molecule has 0 saturated carbocycles. The molecule has 0 atom stereocenters. The second-order valence-electron chi connectivity index (χ2n) is 6.97. The molecule has 0 bridgehead atoms. The van der Waals surface area contributed by atoms with Gasteiger partial charge in [-0.25, -0.2) is 9.97 Å². The Bertz CT molecular complexity index is 1090. The van der Waals surface area contributed by atoms with Crippen LogP contribution in [0.15, 0.2) is 60.9 Å². The van der Waals surface area contributed by atoms with E-state index in [1.807, 2.05) is 19.9 Å². The quantitative estimate of drug-likeness (QED) is 0.542. The Balaban J connectivity index is 0.00000158. The lowest BCUT2D eigenvalue weighted by Gasteiger charge is -2.27. The number of halogens is 3. The molecule has 3 aromatic rings. The summed E-state index contributed by atoms with van der Waals surface area (Å²) in [7, 11) is 0. The molecule has 34 heavy (non-hydrogen) atoms. The summed E-state index contributed by atoms with van der Waals surface area (Å²) in [4.78, 5) is 22.9. The Morgan fingerprint density at radius 1 is 1.03 bits per heavy atom. The predicted molar refractivity (Wildman–Crippen MR) is 122 cm³/mol. The standard InChI is InChI=1S/C22H19F3N4O3.C2H6/c23-22(24,25)32-18-6-4-17(5-7-18)28-20-13-19(26-14-27-20)15-2-1-3-16(12-15)21(30)29-8-10-31-11-9-29;1-2/h1-7,12-14H,8-11H2,(H,26,27,28);1-2H3. The van der Waals surface area contributed by atoms with Crippen LogP contribution in [-0.4, -0.2) is 53.4 Å². The van der Waals surface area contributed by atoms with Crippen LogP contribution in [0.5, 0.6) is 5.75 Å². The maximum absolute atomic E-state index is 12.8. The van der Waals surface area contributed by atoms with Crippen LogP contribution in [0, 0.1) is 0 Å². The number of nitrogens with one attached hydrogen (secondary N) is 1. The van der Waals surface area contributed by atoms with Gasteiger partial charge in [-0.2, -0.15) is 0 Å². The zero-order valence-corrected chi connectivity index (χ0v) is 18.8. The lowest BCUT2D eigenvalue weighted by Crippen LogP contribution is -2.40. The number of amides is 1. The number of carbonyl (C=O) groups is 1. The summed E-state index contributed by atoms with van der Waals surface area (Å²) in [6.07, 6.45) is -3.37. The van der Waals surface area contributed by atoms with Gasteiger partial charge in [-0.3, -0.25) is 4.79 Å². The van der Waals surface area contributed by atoms with Crippen molar-refractivity contribution in [1.29, 1.82) is 0 Å². The molecule has 4 rings (SSSR count). The molecule has 0 unspecified atom stereocenters. The van der Waals surface area contributed by atoms with E-state index in [4.69, 9.17) is 4.74 Å². The topological polar surface area (TPSA) is 76.6 Å². The first-order chi connectivity index (χ1) is 16.4. The van der Waals surface area contributed by atoms with Gasteiger partial charge >= 0.3 is 6.36 Å². The minimum atomic E-state index is -4.74. The monoisotopic (exact) mass is 474 g/mol. The molecule has 1 saturated heterocycles. The summed E-state index contributed by atoms with van der Waals surface area (Å²) in [5.74, 6) is 0.0706. The van der Waals surface area contributed by atoms with Crippen LogP contribution >= 0.6 is 0 Å². The molecule has 1 amide bonds. The van der Waals surface area contributed by atoms with Crippen LogP contribution in [0.2, 0.25) is 0 Å². The second kappa shape index (κ2) is 11.5. The molecular formula is C24H25F3N4O3. The maximum Gasteiger partial charge on any atom is 0.573 e. The molecule has 180 valence electrons. The van der Waals surface area contributed by atoms with Crippen molar-refractivity contribution in [1.82, 2.24) is 14.9 Å². The largest absolute Gasteiger partial charge is 0.573 e. The van der Waals surface area contributed by atoms with Gasteiger partial charge in [-0.15, -0.1) is 13.2 Å². The summed E-state index contributed by atoms with van der Waals surface area (Å²) in [6, 6.07) is 14.2. The lowest BCUT2D eigenvalue weighted by molar-refractivity contribution is -0.274. The number of aromatic nitrogens is 2. The number of ether oxygens (including phenoxy) is 2. The van der Waals surface area contributed by atoms with E-state index < -0.39 is 6.36 Å². The number of nitrogens with zero attached hydrogens (tertiary/aromatic N) is 3. The molecule has 2 heterocycles. The summed E-state index contributed by atoms with van der Waals surface area (Å²) in [5.41, 5.74) is 2.41. The van der Waals surface area contributed by atoms with Crippen molar-refractivity contribution < 1.29 is 27.4 Å². The van der Waals surface area contributed by atoms with Crippen molar-refractivity contribution in [3.05, 3.63) is 66.5 Å². The molecule has 1 aromatic heterocycles. The number of carbonyl (C=O) groups excluding carboxylic acids is 1. The Kier molecular flexibility index (Phi) is 8.42. The summed E-state index contributed by atoms with van der Waals surface area (Å²) in [6.45, 7) is 6.15. The summed E-state index contributed by atoms with van der Waals surface area (Å²) < 4.78 is 46.0. The van der Waals surface area contributed by atoms with Crippen LogP contribution in [0.25, 0.3) is 11.3 Å². The molecule has 0 spiro atoms. The van der Waals surface area contributed by atoms with Gasteiger partial charge in [0.1, 0.15) is 17.9 Å². The van der Waals surface area contributed by atoms with E-state index in [1.165, 1.54) is 30.6 Å². The molecule has 1 aliphatic heterocycles. The smallest absolute Gasteiger partial charge is 0.406 e. The van der Waals surface area contributed by atoms with Gasteiger partial charge in [0, 0.05) is 36.0 Å². The molecule has 7 nitrogen and oxygen atoms in total. The van der Waals surface area contributed by atoms with Gasteiger partial charge in [0.15, 0.2) is 0 Å². The van der Waals surface area contributed by atoms with E-state index in [1.54, 1.807) is 29.2 Å². The number of benzene rings is 2. The number of hydrogen-bond acceptors (Lipinski definition) is 6. The van der Waals surface area contributed by atoms with Crippen LogP contribution < -0.4 is 10.1 Å². The van der Waals surface area contributed by atoms with E-state index in [0.717, 1.165) is 5.56 Å². The average Bonchev–Trinajstić information content (AvgIpc) is 2.86. The van der Waals surface area contributed by atoms with Crippen molar-refractivity contribution >= 4 is 17.4 Å². The van der Waals surface area contributed by atoms with Crippen molar-refractivity contribution in [3.63, 3.8) is 0 Å². The van der Waals surface area contributed by atoms with Crippen molar-refractivity contribution in [3.8, 4) is 17.0 Å². The van der Waals surface area contributed by atoms with Crippen molar-refractivity contribution in [2.45, 2.75) is 20.2 Å². The first kappa shape index (κ1) is 25.0. The molecule has 10 heteroatoms. The molecule has 0 radical (unpaired) electrons. The van der Waals surface area contributed by atoms with Crippen LogP contribution in [-0.2, 0) is 4.74 Å². The average molecular weight is 474 g/mol. The third-order valence-electron chi connectivity index (χ3n) is 4.73. The van der Waals surface area contributed by atoms with E-state index in [9.17, 15) is 18.0 Å². The normalized spacial score (nSPS) is 13.5. The van der Waals surface area contributed by atoms with Crippen LogP contribution in [0.1, 0.15) is 24.2 Å². The van der Waals surface area contributed by atoms with Gasteiger partial charge in [0.2, 0.25) is 0 Å². The fourth-order valence-electron chi connectivity index (χ4n) is 3.23. The van der Waals surface area contributed by atoms with Gasteiger partial charge in [0.25, 0.3) is 5.91 Å². The van der Waals surface area contributed by atoms with Crippen LogP contribution in [0.3, 0.4) is 0 Å². The molecule has 1 fully saturated rings. The molecular weight excluding hydrogens is 449 g/mol. The number of morpholine rings is 1. The molecule has 1 N–H and O–H groups in total. The first-order valence-corrected chi connectivity index (χ1v) is 10.8. The highest BCUT2D eigenvalue weighted by atomic mass is 19.4. The number of rotatable bonds is 5. The fraction of sp³-hybridized carbons (Fsp3) is 0.292. The predicted octanol–water partition coefficient (Wildman–Crippen LogP) is 5.28. The molecule has 0 aliphatic carbocycles. The Hall–Kier alpha value is -3.66. The Morgan fingerprint density at radius 3 is 2.41 bits per heavy atom. The second-order valence-corrected chi connectivity index (χ2v) is 6.97. The van der Waals surface area contributed by atoms with Crippen molar-refractivity contribution in [2.75, 3.05) is 31.6 Å². The molecule has 1 aliphatic rings. The lowest BCUT2D eigenvalue weighted by atomic mass is 10.1. The van der Waals surface area contributed by atoms with Crippen molar-refractivity contribution in [2.24, 2.45) is 0 Å².